The second-order valence-electron chi connectivity index (χ2n) is 2.76. The lowest BCUT2D eigenvalue weighted by atomic mass is 10.1. The highest BCUT2D eigenvalue weighted by Crippen LogP contribution is 2.27. The van der Waals surface area contributed by atoms with Crippen LogP contribution in [0.1, 0.15) is 23.7 Å². The van der Waals surface area contributed by atoms with Crippen LogP contribution in [0.3, 0.4) is 0 Å². The van der Waals surface area contributed by atoms with Crippen molar-refractivity contribution < 1.29 is 0 Å². The van der Waals surface area contributed by atoms with Crippen LogP contribution in [0.25, 0.3) is 0 Å². The minimum absolute atomic E-state index is 0.406. The predicted molar refractivity (Wildman–Crippen MR) is 53.1 cm³/mol. The van der Waals surface area contributed by atoms with E-state index in [1.807, 2.05) is 13.8 Å². The lowest BCUT2D eigenvalue weighted by molar-refractivity contribution is 1.02. The Morgan fingerprint density at radius 1 is 1.25 bits per heavy atom. The Bertz CT molecular complexity index is 308. The van der Waals surface area contributed by atoms with Gasteiger partial charge in [-0.25, -0.2) is 4.98 Å². The van der Waals surface area contributed by atoms with Gasteiger partial charge in [-0.2, -0.15) is 0 Å². The molecule has 0 aromatic carbocycles. The van der Waals surface area contributed by atoms with Crippen LogP contribution in [0, 0.1) is 13.8 Å². The average molecular weight is 204 g/mol. The molecule has 1 aromatic heterocycles. The molecule has 0 radical (unpaired) electrons. The zero-order chi connectivity index (χ0) is 9.30. The van der Waals surface area contributed by atoms with Crippen molar-refractivity contribution in [3.63, 3.8) is 0 Å². The van der Waals surface area contributed by atoms with E-state index in [1.54, 1.807) is 0 Å². The lowest BCUT2D eigenvalue weighted by Gasteiger charge is -2.09. The predicted octanol–water partition coefficient (Wildman–Crippen LogP) is 3.57. The highest BCUT2D eigenvalue weighted by Gasteiger charge is 2.09. The Hall–Kier alpha value is -0.270. The van der Waals surface area contributed by atoms with Crippen molar-refractivity contribution in [2.24, 2.45) is 0 Å². The average Bonchev–Trinajstić information content (AvgIpc) is 2.01. The number of rotatable bonds is 1. The van der Waals surface area contributed by atoms with Gasteiger partial charge in [0.1, 0.15) is 5.15 Å². The van der Waals surface area contributed by atoms with E-state index in [0.717, 1.165) is 17.7 Å². The van der Waals surface area contributed by atoms with Crippen LogP contribution >= 0.6 is 23.2 Å². The molecule has 0 saturated heterocycles. The van der Waals surface area contributed by atoms with E-state index in [9.17, 15) is 0 Å². The molecule has 0 spiro atoms. The molecule has 1 nitrogen and oxygen atoms in total. The highest BCUT2D eigenvalue weighted by molar-refractivity contribution is 6.41. The Labute approximate surface area is 82.7 Å². The Kier molecular flexibility index (Phi) is 2.97. The van der Waals surface area contributed by atoms with Crippen LogP contribution < -0.4 is 0 Å². The van der Waals surface area contributed by atoms with Gasteiger partial charge >= 0.3 is 0 Å². The van der Waals surface area contributed by atoms with Crippen molar-refractivity contribution in [2.75, 3.05) is 0 Å². The third-order valence-corrected chi connectivity index (χ3v) is 2.85. The molecule has 66 valence electrons. The quantitative estimate of drug-likeness (QED) is 0.637. The molecule has 3 heteroatoms. The largest absolute Gasteiger partial charge is 0.240 e. The van der Waals surface area contributed by atoms with Gasteiger partial charge in [-0.3, -0.25) is 0 Å². The van der Waals surface area contributed by atoms with Gasteiger partial charge in [0.05, 0.1) is 5.02 Å². The van der Waals surface area contributed by atoms with Crippen molar-refractivity contribution in [1.82, 2.24) is 4.98 Å². The van der Waals surface area contributed by atoms with Crippen molar-refractivity contribution in [3.05, 3.63) is 27.0 Å². The molecule has 1 rings (SSSR count). The maximum Gasteiger partial charge on any atom is 0.148 e. The summed E-state index contributed by atoms with van der Waals surface area (Å²) in [5.74, 6) is 0. The lowest BCUT2D eigenvalue weighted by Crippen LogP contribution is -1.96. The molecular formula is C9H11Cl2N. The molecule has 0 amide bonds. The summed E-state index contributed by atoms with van der Waals surface area (Å²) in [5.41, 5.74) is 3.23. The van der Waals surface area contributed by atoms with E-state index in [0.29, 0.717) is 10.2 Å². The summed E-state index contributed by atoms with van der Waals surface area (Å²) in [6.45, 7) is 6.01. The molecule has 0 fully saturated rings. The summed E-state index contributed by atoms with van der Waals surface area (Å²) in [6.07, 6.45) is 0.946. The number of pyridine rings is 1. The second-order valence-corrected chi connectivity index (χ2v) is 3.50. The first-order valence-corrected chi connectivity index (χ1v) is 4.64. The van der Waals surface area contributed by atoms with E-state index in [1.165, 1.54) is 5.56 Å². The summed E-state index contributed by atoms with van der Waals surface area (Å²) >= 11 is 11.7. The molecule has 0 aliphatic rings. The number of halogens is 2. The molecule has 0 aliphatic heterocycles. The number of hydrogen-bond acceptors (Lipinski definition) is 1. The van der Waals surface area contributed by atoms with Crippen LogP contribution in [0.4, 0.5) is 0 Å². The fourth-order valence-electron chi connectivity index (χ4n) is 1.34. The third kappa shape index (κ3) is 1.57. The van der Waals surface area contributed by atoms with E-state index < -0.39 is 0 Å². The first-order valence-electron chi connectivity index (χ1n) is 3.89. The fourth-order valence-corrected chi connectivity index (χ4v) is 1.77. The van der Waals surface area contributed by atoms with Crippen LogP contribution in [0.5, 0.6) is 0 Å². The van der Waals surface area contributed by atoms with Gasteiger partial charge in [0.2, 0.25) is 0 Å². The van der Waals surface area contributed by atoms with Gasteiger partial charge in [-0.15, -0.1) is 0 Å². The molecule has 0 saturated carbocycles. The van der Waals surface area contributed by atoms with E-state index in [2.05, 4.69) is 11.9 Å². The Morgan fingerprint density at radius 3 is 2.33 bits per heavy atom. The van der Waals surface area contributed by atoms with Crippen molar-refractivity contribution in [1.29, 1.82) is 0 Å². The van der Waals surface area contributed by atoms with Gasteiger partial charge in [0, 0.05) is 5.69 Å². The SMILES string of the molecule is CCc1c(C)nc(Cl)c(Cl)c1C. The van der Waals surface area contributed by atoms with Gasteiger partial charge in [-0.05, 0) is 31.4 Å². The maximum absolute atomic E-state index is 5.94. The van der Waals surface area contributed by atoms with Crippen molar-refractivity contribution in [2.45, 2.75) is 27.2 Å². The summed E-state index contributed by atoms with van der Waals surface area (Å²) in [6, 6.07) is 0. The van der Waals surface area contributed by atoms with Crippen LogP contribution in [0.2, 0.25) is 10.2 Å². The second kappa shape index (κ2) is 3.63. The molecule has 1 heterocycles. The standard InChI is InChI=1S/C9H11Cl2N/c1-4-7-5(2)8(10)9(11)12-6(7)3/h4H2,1-3H3. The number of hydrogen-bond donors (Lipinski definition) is 0. The van der Waals surface area contributed by atoms with Gasteiger partial charge in [0.25, 0.3) is 0 Å². The molecule has 12 heavy (non-hydrogen) atoms. The first kappa shape index (κ1) is 9.82. The fraction of sp³-hybridized carbons (Fsp3) is 0.444. The molecule has 0 bridgehead atoms. The molecular weight excluding hydrogens is 193 g/mol. The monoisotopic (exact) mass is 203 g/mol. The first-order chi connectivity index (χ1) is 5.57. The molecule has 0 N–H and O–H groups in total. The highest BCUT2D eigenvalue weighted by atomic mass is 35.5. The molecule has 0 aliphatic carbocycles. The van der Waals surface area contributed by atoms with E-state index in [4.69, 9.17) is 23.2 Å². The summed E-state index contributed by atoms with van der Waals surface area (Å²) < 4.78 is 0. The molecule has 0 atom stereocenters. The zero-order valence-electron chi connectivity index (χ0n) is 7.41. The van der Waals surface area contributed by atoms with Crippen molar-refractivity contribution in [3.8, 4) is 0 Å². The van der Waals surface area contributed by atoms with E-state index in [-0.39, 0.29) is 0 Å². The smallest absolute Gasteiger partial charge is 0.148 e. The summed E-state index contributed by atoms with van der Waals surface area (Å²) in [7, 11) is 0. The topological polar surface area (TPSA) is 12.9 Å². The van der Waals surface area contributed by atoms with Gasteiger partial charge in [0.15, 0.2) is 0 Å². The summed E-state index contributed by atoms with van der Waals surface area (Å²) in [4.78, 5) is 4.14. The third-order valence-electron chi connectivity index (χ3n) is 2.02. The molecule has 1 aromatic rings. The zero-order valence-corrected chi connectivity index (χ0v) is 8.92. The van der Waals surface area contributed by atoms with Crippen LogP contribution in [-0.2, 0) is 6.42 Å². The Balaban J connectivity index is 3.40. The number of nitrogens with zero attached hydrogens (tertiary/aromatic N) is 1. The number of aryl methyl sites for hydroxylation is 1. The number of aromatic nitrogens is 1. The van der Waals surface area contributed by atoms with E-state index >= 15 is 0 Å². The van der Waals surface area contributed by atoms with Crippen LogP contribution in [0.15, 0.2) is 0 Å². The summed E-state index contributed by atoms with van der Waals surface area (Å²) in [5, 5.41) is 0.989. The minimum Gasteiger partial charge on any atom is -0.240 e. The minimum atomic E-state index is 0.406. The maximum atomic E-state index is 5.94. The normalized spacial score (nSPS) is 10.4. The van der Waals surface area contributed by atoms with Gasteiger partial charge < -0.3 is 0 Å². The molecule has 0 unspecified atom stereocenters. The van der Waals surface area contributed by atoms with Gasteiger partial charge in [-0.1, -0.05) is 30.1 Å². The van der Waals surface area contributed by atoms with Crippen LogP contribution in [-0.4, -0.2) is 4.98 Å². The Morgan fingerprint density at radius 2 is 1.83 bits per heavy atom. The van der Waals surface area contributed by atoms with Crippen molar-refractivity contribution >= 4 is 23.2 Å².